The fourth-order valence-corrected chi connectivity index (χ4v) is 21.2. The Hall–Kier alpha value is -2.91. The number of ether oxygens (including phenoxy) is 3. The van der Waals surface area contributed by atoms with Crippen molar-refractivity contribution in [3.63, 3.8) is 0 Å². The van der Waals surface area contributed by atoms with Crippen molar-refractivity contribution in [3.05, 3.63) is 6.20 Å². The number of carbonyl (C=O) groups is 5. The summed E-state index contributed by atoms with van der Waals surface area (Å²) in [6.45, 7) is 22.7. The average Bonchev–Trinajstić information content (AvgIpc) is 3.52. The van der Waals surface area contributed by atoms with E-state index in [1.165, 1.54) is 55.5 Å². The molecule has 55 heavy (non-hydrogen) atoms. The molecule has 0 radical (unpaired) electrons. The van der Waals surface area contributed by atoms with Gasteiger partial charge in [0.1, 0.15) is 22.8 Å². The van der Waals surface area contributed by atoms with Gasteiger partial charge in [-0.05, 0) is 68.7 Å². The maximum atomic E-state index is 13.2. The number of unbranched alkanes of at least 4 members (excludes halogenated alkanes) is 4. The van der Waals surface area contributed by atoms with E-state index in [1.54, 1.807) is 67.0 Å². The molecule has 0 saturated carbocycles. The zero-order valence-corrected chi connectivity index (χ0v) is 39.0. The summed E-state index contributed by atoms with van der Waals surface area (Å²) in [5.74, 6) is -2.04. The second-order valence-electron chi connectivity index (χ2n) is 17.7. The molecule has 0 saturated heterocycles. The molecule has 0 aliphatic heterocycles. The summed E-state index contributed by atoms with van der Waals surface area (Å²) in [5, 5.41) is 17.2. The van der Waals surface area contributed by atoms with E-state index in [2.05, 4.69) is 47.0 Å². The number of carbonyl (C=O) groups excluding carboxylic acids is 5. The molecule has 1 aromatic rings. The van der Waals surface area contributed by atoms with Crippen molar-refractivity contribution in [1.29, 1.82) is 0 Å². The molecule has 0 bridgehead atoms. The number of amides is 3. The van der Waals surface area contributed by atoms with Crippen LogP contribution in [0.3, 0.4) is 0 Å². The molecular formula is C40H74N6O8Sn. The summed E-state index contributed by atoms with van der Waals surface area (Å²) in [4.78, 5) is 64.7. The number of nitrogens with one attached hydrogen (secondary N) is 3. The van der Waals surface area contributed by atoms with Gasteiger partial charge >= 0.3 is 200 Å². The molecule has 1 rings (SSSR count). The van der Waals surface area contributed by atoms with Gasteiger partial charge in [-0.1, -0.05) is 0 Å². The van der Waals surface area contributed by atoms with E-state index in [4.69, 9.17) is 14.2 Å². The van der Waals surface area contributed by atoms with Gasteiger partial charge in [-0.25, -0.2) is 14.4 Å². The molecule has 0 aliphatic rings. The third-order valence-corrected chi connectivity index (χ3v) is 23.7. The molecule has 3 amide bonds. The quantitative estimate of drug-likeness (QED) is 0.0452. The minimum atomic E-state index is -2.75. The van der Waals surface area contributed by atoms with Gasteiger partial charge in [0.25, 0.3) is 0 Å². The summed E-state index contributed by atoms with van der Waals surface area (Å²) in [5.41, 5.74) is -2.35. The monoisotopic (exact) mass is 886 g/mol. The number of rotatable bonds is 24. The van der Waals surface area contributed by atoms with Gasteiger partial charge < -0.3 is 19.5 Å². The first-order valence-electron chi connectivity index (χ1n) is 20.4. The van der Waals surface area contributed by atoms with E-state index in [-0.39, 0.29) is 31.7 Å². The average molecular weight is 886 g/mol. The first-order valence-corrected chi connectivity index (χ1v) is 27.9. The van der Waals surface area contributed by atoms with Crippen LogP contribution >= 0.6 is 0 Å². The number of hydrogen-bond donors (Lipinski definition) is 3. The Morgan fingerprint density at radius 3 is 1.62 bits per heavy atom. The zero-order chi connectivity index (χ0) is 41.9. The van der Waals surface area contributed by atoms with E-state index >= 15 is 0 Å². The van der Waals surface area contributed by atoms with Crippen molar-refractivity contribution in [2.75, 3.05) is 6.54 Å². The van der Waals surface area contributed by atoms with Crippen molar-refractivity contribution >= 4 is 51.9 Å². The molecular weight excluding hydrogens is 811 g/mol. The predicted octanol–water partition coefficient (Wildman–Crippen LogP) is 6.46. The Labute approximate surface area is 335 Å². The SMILES string of the molecule is CCC[CH2][Sn]([CH2]CCC)([CH2]CCC)[c]1cn(CC(=O)NCCCC[C@H](NC(=O)N[C@@H](CCC(=O)OC(C)(C)C)C(=O)OC(C)(C)C)C(=O)OC(C)(C)C)nn1. The standard InChI is InChI=1S/C28H47N6O8.3C4H9.Sn/c1-26(2,3)40-22(36)14-13-20(24(38)42-28(7,8)9)32-25(39)31-19(23(37)41-27(4,5)6)12-10-11-15-29-21(35)18-34-17-16-30-33-34;3*1-3-4-2;/h17,19-20H,10-15,18H2,1-9H3,(H,29,35)(H2,31,32,39);3*1,3-4H2,2H3;/t19-,20-;;;;/m0..../s1. The molecule has 316 valence electrons. The van der Waals surface area contributed by atoms with Crippen molar-refractivity contribution in [2.24, 2.45) is 0 Å². The summed E-state index contributed by atoms with van der Waals surface area (Å²) in [6, 6.07) is -3.00. The van der Waals surface area contributed by atoms with Gasteiger partial charge in [-0.15, -0.1) is 0 Å². The molecule has 2 atom stereocenters. The van der Waals surface area contributed by atoms with Crippen LogP contribution in [0.25, 0.3) is 0 Å². The molecule has 0 unspecified atom stereocenters. The van der Waals surface area contributed by atoms with Crippen LogP contribution < -0.4 is 19.7 Å². The molecule has 0 aliphatic carbocycles. The van der Waals surface area contributed by atoms with Gasteiger partial charge in [-0.3, -0.25) is 4.79 Å². The summed E-state index contributed by atoms with van der Waals surface area (Å²) in [6.07, 6.45) is 10.2. The van der Waals surface area contributed by atoms with Crippen LogP contribution in [-0.4, -0.2) is 98.6 Å². The first kappa shape index (κ1) is 50.1. The third-order valence-electron chi connectivity index (χ3n) is 8.71. The van der Waals surface area contributed by atoms with Gasteiger partial charge in [-0.2, -0.15) is 0 Å². The normalized spacial score (nSPS) is 13.4. The first-order chi connectivity index (χ1) is 25.5. The second kappa shape index (κ2) is 24.0. The Kier molecular flexibility index (Phi) is 21.9. The molecule has 1 aromatic heterocycles. The molecule has 3 N–H and O–H groups in total. The van der Waals surface area contributed by atoms with E-state index < -0.39 is 71.2 Å². The molecule has 0 fully saturated rings. The van der Waals surface area contributed by atoms with Crippen LogP contribution in [0.2, 0.25) is 13.3 Å². The van der Waals surface area contributed by atoms with Crippen LogP contribution in [0, 0.1) is 0 Å². The maximum absolute atomic E-state index is 13.2. The number of esters is 3. The van der Waals surface area contributed by atoms with E-state index in [1.807, 2.05) is 6.20 Å². The third kappa shape index (κ3) is 21.8. The van der Waals surface area contributed by atoms with E-state index in [0.717, 1.165) is 0 Å². The van der Waals surface area contributed by atoms with Gasteiger partial charge in [0.05, 0.1) is 0 Å². The fourth-order valence-electron chi connectivity index (χ4n) is 6.08. The molecule has 14 nitrogen and oxygen atoms in total. The van der Waals surface area contributed by atoms with Crippen LogP contribution in [0.15, 0.2) is 6.20 Å². The van der Waals surface area contributed by atoms with E-state index in [9.17, 15) is 24.0 Å². The fraction of sp³-hybridized carbons (Fsp3) is 0.825. The Morgan fingerprint density at radius 2 is 1.16 bits per heavy atom. The van der Waals surface area contributed by atoms with Crippen molar-refractivity contribution in [3.8, 4) is 0 Å². The second-order valence-corrected chi connectivity index (χ2v) is 30.7. The number of urea groups is 1. The van der Waals surface area contributed by atoms with Crippen molar-refractivity contribution < 1.29 is 38.2 Å². The predicted molar refractivity (Wildman–Crippen MR) is 217 cm³/mol. The van der Waals surface area contributed by atoms with Crippen LogP contribution in [-0.2, 0) is 39.9 Å². The van der Waals surface area contributed by atoms with Gasteiger partial charge in [0, 0.05) is 6.42 Å². The van der Waals surface area contributed by atoms with Gasteiger partial charge in [0.2, 0.25) is 0 Å². The molecule has 15 heteroatoms. The Bertz CT molecular complexity index is 1330. The summed E-state index contributed by atoms with van der Waals surface area (Å²) < 4.78 is 23.1. The number of aromatic nitrogens is 3. The van der Waals surface area contributed by atoms with Gasteiger partial charge in [0.15, 0.2) is 0 Å². The minimum absolute atomic E-state index is 0.0652. The van der Waals surface area contributed by atoms with Crippen molar-refractivity contribution in [2.45, 2.75) is 202 Å². The summed E-state index contributed by atoms with van der Waals surface area (Å²) in [7, 11) is 0. The topological polar surface area (TPSA) is 180 Å². The van der Waals surface area contributed by atoms with Crippen LogP contribution in [0.1, 0.15) is 154 Å². The number of hydrogen-bond acceptors (Lipinski definition) is 10. The Morgan fingerprint density at radius 1 is 0.691 bits per heavy atom. The molecule has 0 aromatic carbocycles. The molecule has 0 spiro atoms. The zero-order valence-electron chi connectivity index (χ0n) is 36.2. The van der Waals surface area contributed by atoms with Crippen LogP contribution in [0.5, 0.6) is 0 Å². The van der Waals surface area contributed by atoms with Crippen molar-refractivity contribution in [1.82, 2.24) is 30.9 Å². The Balaban J connectivity index is 2.90. The molecule has 1 heterocycles. The van der Waals surface area contributed by atoms with Crippen LogP contribution in [0.4, 0.5) is 4.79 Å². The summed E-state index contributed by atoms with van der Waals surface area (Å²) >= 11 is -2.75. The number of nitrogens with zero attached hydrogens (tertiary/aromatic N) is 3. The van der Waals surface area contributed by atoms with E-state index in [0.29, 0.717) is 19.4 Å².